The fraction of sp³-hybridized carbons (Fsp3) is 0.333. The van der Waals surface area contributed by atoms with E-state index < -0.39 is 5.41 Å². The Labute approximate surface area is 195 Å². The van der Waals surface area contributed by atoms with Crippen molar-refractivity contribution in [3.8, 4) is 11.1 Å². The number of likely N-dealkylation sites (tertiary alicyclic amines) is 1. The van der Waals surface area contributed by atoms with Crippen LogP contribution in [0.25, 0.3) is 11.1 Å². The Kier molecular flexibility index (Phi) is 6.54. The molecule has 1 aliphatic heterocycles. The van der Waals surface area contributed by atoms with E-state index in [1.54, 1.807) is 30.1 Å². The Morgan fingerprint density at radius 1 is 1.06 bits per heavy atom. The van der Waals surface area contributed by atoms with Crippen molar-refractivity contribution in [3.05, 3.63) is 83.9 Å². The number of rotatable bonds is 5. The molecule has 2 heterocycles. The van der Waals surface area contributed by atoms with Crippen molar-refractivity contribution < 1.29 is 9.59 Å². The first-order chi connectivity index (χ1) is 15.9. The summed E-state index contributed by atoms with van der Waals surface area (Å²) in [7, 11) is 3.58. The summed E-state index contributed by atoms with van der Waals surface area (Å²) in [6.07, 6.45) is 6.64. The predicted octanol–water partition coefficient (Wildman–Crippen LogP) is 4.01. The zero-order chi connectivity index (χ0) is 23.4. The Balaban J connectivity index is 1.65. The number of carbonyl (C=O) groups is 2. The van der Waals surface area contributed by atoms with Gasteiger partial charge in [-0.3, -0.25) is 14.6 Å². The highest BCUT2D eigenvalue weighted by Gasteiger charge is 2.44. The molecule has 3 aromatic rings. The van der Waals surface area contributed by atoms with E-state index in [0.29, 0.717) is 25.2 Å². The molecule has 33 heavy (non-hydrogen) atoms. The zero-order valence-electron chi connectivity index (χ0n) is 19.5. The molecule has 0 N–H and O–H groups in total. The Morgan fingerprint density at radius 3 is 2.52 bits per heavy atom. The monoisotopic (exact) mass is 442 g/mol. The van der Waals surface area contributed by atoms with Gasteiger partial charge in [-0.25, -0.2) is 4.98 Å². The van der Waals surface area contributed by atoms with Gasteiger partial charge in [0.1, 0.15) is 5.69 Å². The van der Waals surface area contributed by atoms with Crippen molar-refractivity contribution in [2.45, 2.75) is 26.2 Å². The van der Waals surface area contributed by atoms with Crippen LogP contribution in [0.2, 0.25) is 0 Å². The van der Waals surface area contributed by atoms with Crippen molar-refractivity contribution in [2.75, 3.05) is 27.2 Å². The summed E-state index contributed by atoms with van der Waals surface area (Å²) in [6, 6.07) is 16.8. The number of piperidine rings is 1. The second kappa shape index (κ2) is 9.53. The van der Waals surface area contributed by atoms with Gasteiger partial charge in [0.05, 0.1) is 11.6 Å². The van der Waals surface area contributed by atoms with Crippen LogP contribution in [0.5, 0.6) is 0 Å². The number of hydrogen-bond donors (Lipinski definition) is 0. The number of aryl methyl sites for hydroxylation is 1. The third-order valence-corrected chi connectivity index (χ3v) is 6.33. The van der Waals surface area contributed by atoms with Gasteiger partial charge in [0.2, 0.25) is 5.91 Å². The maximum Gasteiger partial charge on any atom is 0.274 e. The van der Waals surface area contributed by atoms with Gasteiger partial charge in [0.15, 0.2) is 0 Å². The van der Waals surface area contributed by atoms with Gasteiger partial charge in [-0.15, -0.1) is 0 Å². The summed E-state index contributed by atoms with van der Waals surface area (Å²) in [5.41, 5.74) is 4.23. The van der Waals surface area contributed by atoms with Crippen LogP contribution in [0.15, 0.2) is 67.1 Å². The average Bonchev–Trinajstić information content (AvgIpc) is 2.84. The van der Waals surface area contributed by atoms with E-state index in [2.05, 4.69) is 59.4 Å². The molecular formula is C27H30N4O2. The van der Waals surface area contributed by atoms with Gasteiger partial charge in [0.25, 0.3) is 5.91 Å². The lowest BCUT2D eigenvalue weighted by Gasteiger charge is -2.43. The molecule has 1 atom stereocenters. The molecule has 0 radical (unpaired) electrons. The summed E-state index contributed by atoms with van der Waals surface area (Å²) in [5, 5.41) is 0. The molecule has 2 amide bonds. The average molecular weight is 443 g/mol. The molecule has 0 bridgehead atoms. The number of benzene rings is 2. The Hall–Kier alpha value is -3.54. The molecular weight excluding hydrogens is 412 g/mol. The Morgan fingerprint density at radius 2 is 1.82 bits per heavy atom. The van der Waals surface area contributed by atoms with Crippen molar-refractivity contribution >= 4 is 11.8 Å². The minimum atomic E-state index is -0.676. The summed E-state index contributed by atoms with van der Waals surface area (Å²) in [4.78, 5) is 38.2. The van der Waals surface area contributed by atoms with Crippen LogP contribution in [0.4, 0.5) is 0 Å². The third kappa shape index (κ3) is 4.95. The van der Waals surface area contributed by atoms with E-state index in [1.165, 1.54) is 18.0 Å². The normalized spacial score (nSPS) is 18.1. The largest absolute Gasteiger partial charge is 0.348 e. The van der Waals surface area contributed by atoms with Gasteiger partial charge in [-0.2, -0.15) is 0 Å². The molecule has 4 rings (SSSR count). The van der Waals surface area contributed by atoms with Gasteiger partial charge >= 0.3 is 0 Å². The standard InChI is InChI=1S/C27H30N4O2/c1-20-7-4-9-22(15-20)23-10-5-8-21(16-23)17-27(26(33)30(2)3)11-6-14-31(19-27)25(32)24-18-28-12-13-29-24/h4-5,7-10,12-13,15-16,18H,6,11,14,17,19H2,1-3H3. The second-order valence-electron chi connectivity index (χ2n) is 9.15. The van der Waals surface area contributed by atoms with Crippen LogP contribution < -0.4 is 0 Å². The van der Waals surface area contributed by atoms with Crippen LogP contribution in [-0.4, -0.2) is 58.8 Å². The van der Waals surface area contributed by atoms with E-state index in [-0.39, 0.29) is 11.8 Å². The van der Waals surface area contributed by atoms with Gasteiger partial charge in [-0.1, -0.05) is 54.1 Å². The fourth-order valence-electron chi connectivity index (χ4n) is 4.82. The maximum absolute atomic E-state index is 13.5. The number of carbonyl (C=O) groups excluding carboxylic acids is 2. The van der Waals surface area contributed by atoms with Crippen molar-refractivity contribution in [2.24, 2.45) is 5.41 Å². The number of aromatic nitrogens is 2. The first kappa shape index (κ1) is 22.6. The molecule has 0 spiro atoms. The first-order valence-corrected chi connectivity index (χ1v) is 11.3. The van der Waals surface area contributed by atoms with Gasteiger partial charge in [0, 0.05) is 39.6 Å². The first-order valence-electron chi connectivity index (χ1n) is 11.3. The van der Waals surface area contributed by atoms with Crippen LogP contribution >= 0.6 is 0 Å². The topological polar surface area (TPSA) is 66.4 Å². The summed E-state index contributed by atoms with van der Waals surface area (Å²) in [6.45, 7) is 3.07. The summed E-state index contributed by atoms with van der Waals surface area (Å²) >= 11 is 0. The molecule has 6 heteroatoms. The summed E-state index contributed by atoms with van der Waals surface area (Å²) in [5.74, 6) is -0.118. The number of nitrogens with zero attached hydrogens (tertiary/aromatic N) is 4. The van der Waals surface area contributed by atoms with E-state index in [9.17, 15) is 9.59 Å². The third-order valence-electron chi connectivity index (χ3n) is 6.33. The zero-order valence-corrected chi connectivity index (χ0v) is 19.5. The van der Waals surface area contributed by atoms with Crippen LogP contribution in [0, 0.1) is 12.3 Å². The highest BCUT2D eigenvalue weighted by Crippen LogP contribution is 2.37. The number of hydrogen-bond acceptors (Lipinski definition) is 4. The molecule has 1 fully saturated rings. The van der Waals surface area contributed by atoms with E-state index in [1.807, 2.05) is 6.07 Å². The fourth-order valence-corrected chi connectivity index (χ4v) is 4.82. The van der Waals surface area contributed by atoms with E-state index >= 15 is 0 Å². The minimum Gasteiger partial charge on any atom is -0.348 e. The summed E-state index contributed by atoms with van der Waals surface area (Å²) < 4.78 is 0. The quantitative estimate of drug-likeness (QED) is 0.599. The molecule has 0 saturated carbocycles. The highest BCUT2D eigenvalue weighted by molar-refractivity contribution is 5.93. The number of amides is 2. The Bertz CT molecular complexity index is 1150. The lowest BCUT2D eigenvalue weighted by atomic mass is 9.73. The molecule has 6 nitrogen and oxygen atoms in total. The highest BCUT2D eigenvalue weighted by atomic mass is 16.2. The second-order valence-corrected chi connectivity index (χ2v) is 9.15. The maximum atomic E-state index is 13.5. The SMILES string of the molecule is Cc1cccc(-c2cccc(CC3(C(=O)N(C)C)CCCN(C(=O)c4cnccn4)C3)c2)c1. The van der Waals surface area contributed by atoms with Crippen molar-refractivity contribution in [1.82, 2.24) is 19.8 Å². The lowest BCUT2D eigenvalue weighted by molar-refractivity contribution is -0.142. The molecule has 1 saturated heterocycles. The molecule has 1 aliphatic rings. The van der Waals surface area contributed by atoms with Crippen molar-refractivity contribution in [3.63, 3.8) is 0 Å². The van der Waals surface area contributed by atoms with E-state index in [4.69, 9.17) is 0 Å². The van der Waals surface area contributed by atoms with Crippen LogP contribution in [-0.2, 0) is 11.2 Å². The molecule has 2 aromatic carbocycles. The minimum absolute atomic E-state index is 0.0557. The van der Waals surface area contributed by atoms with Crippen LogP contribution in [0.3, 0.4) is 0 Å². The molecule has 1 aromatic heterocycles. The lowest BCUT2D eigenvalue weighted by Crippen LogP contribution is -2.54. The van der Waals surface area contributed by atoms with Crippen LogP contribution in [0.1, 0.15) is 34.5 Å². The van der Waals surface area contributed by atoms with Gasteiger partial charge in [-0.05, 0) is 42.9 Å². The van der Waals surface area contributed by atoms with Gasteiger partial charge < -0.3 is 9.80 Å². The van der Waals surface area contributed by atoms with Crippen molar-refractivity contribution in [1.29, 1.82) is 0 Å². The predicted molar refractivity (Wildman–Crippen MR) is 129 cm³/mol. The molecule has 0 aliphatic carbocycles. The molecule has 1 unspecified atom stereocenters. The molecule has 170 valence electrons. The smallest absolute Gasteiger partial charge is 0.274 e. The van der Waals surface area contributed by atoms with E-state index in [0.717, 1.165) is 29.5 Å².